The molecule has 1 N–H and O–H groups in total. The number of hydrogen-bond donors (Lipinski definition) is 1. The summed E-state index contributed by atoms with van der Waals surface area (Å²) in [4.78, 5) is 19.2. The summed E-state index contributed by atoms with van der Waals surface area (Å²) in [6.45, 7) is 18.5. The first-order valence-corrected chi connectivity index (χ1v) is 12.3. The maximum atomic E-state index is 12.9. The summed E-state index contributed by atoms with van der Waals surface area (Å²) in [6.07, 6.45) is 4.10. The molecule has 2 rings (SSSR count). The second kappa shape index (κ2) is 9.28. The minimum atomic E-state index is -1.23. The fraction of sp³-hybridized carbons (Fsp3) is 0.750. The van der Waals surface area contributed by atoms with E-state index in [0.717, 1.165) is 25.0 Å². The quantitative estimate of drug-likeness (QED) is 0.604. The molecule has 1 aromatic heterocycles. The van der Waals surface area contributed by atoms with Crippen molar-refractivity contribution in [1.29, 1.82) is 0 Å². The Balaban J connectivity index is 2.14. The van der Waals surface area contributed by atoms with Gasteiger partial charge in [-0.3, -0.25) is 4.98 Å². The molecule has 0 saturated carbocycles. The number of hydrogen-bond acceptors (Lipinski definition) is 5. The molecule has 3 atom stereocenters. The van der Waals surface area contributed by atoms with Gasteiger partial charge in [0.15, 0.2) is 0 Å². The Bertz CT molecular complexity index is 743. The fourth-order valence-electron chi connectivity index (χ4n) is 3.99. The summed E-state index contributed by atoms with van der Waals surface area (Å²) in [7, 11) is 0. The molecular formula is C24H41N3O3S. The Labute approximate surface area is 191 Å². The molecule has 6 nitrogen and oxygen atoms in total. The normalized spacial score (nSPS) is 22.1. The largest absolute Gasteiger partial charge is 0.598 e. The zero-order valence-corrected chi connectivity index (χ0v) is 21.6. The van der Waals surface area contributed by atoms with Gasteiger partial charge in [0.25, 0.3) is 0 Å². The number of likely N-dealkylation sites (tertiary alicyclic amines) is 1. The van der Waals surface area contributed by atoms with Crippen LogP contribution in [0.2, 0.25) is 0 Å². The maximum Gasteiger partial charge on any atom is 0.410 e. The monoisotopic (exact) mass is 451 g/mol. The van der Waals surface area contributed by atoms with E-state index in [1.807, 2.05) is 64.6 Å². The zero-order valence-electron chi connectivity index (χ0n) is 20.7. The van der Waals surface area contributed by atoms with Crippen LogP contribution < -0.4 is 4.72 Å². The summed E-state index contributed by atoms with van der Waals surface area (Å²) in [5.74, 6) is 0.343. The second-order valence-corrected chi connectivity index (χ2v) is 13.5. The summed E-state index contributed by atoms with van der Waals surface area (Å²) < 4.78 is 21.6. The molecule has 2 unspecified atom stereocenters. The highest BCUT2D eigenvalue weighted by atomic mass is 32.2. The lowest BCUT2D eigenvalue weighted by Gasteiger charge is -2.35. The number of carbonyl (C=O) groups is 1. The van der Waals surface area contributed by atoms with Crippen molar-refractivity contribution in [2.24, 2.45) is 5.92 Å². The molecule has 1 aliphatic heterocycles. The van der Waals surface area contributed by atoms with Crippen LogP contribution in [0.1, 0.15) is 87.3 Å². The van der Waals surface area contributed by atoms with Crippen LogP contribution in [0, 0.1) is 5.92 Å². The predicted molar refractivity (Wildman–Crippen MR) is 127 cm³/mol. The Hall–Kier alpha value is -1.31. The molecule has 1 fully saturated rings. The average molecular weight is 452 g/mol. The van der Waals surface area contributed by atoms with Gasteiger partial charge < -0.3 is 14.2 Å². The molecule has 31 heavy (non-hydrogen) atoms. The molecule has 0 radical (unpaired) electrons. The molecule has 176 valence electrons. The number of pyridine rings is 1. The standard InChI is InChI=1S/C24H41N3O3S/c1-21(2,3)30-20(28)27-17-18(16-23(27,7)8)13-14-24(9,19-12-10-11-15-25-19)26-31(29)22(4,5)6/h10-12,15,18,26H,13-14,16-17H2,1-9H3/t18-,24?,31?/m0/s1. The van der Waals surface area contributed by atoms with Gasteiger partial charge >= 0.3 is 6.09 Å². The highest BCUT2D eigenvalue weighted by Gasteiger charge is 2.44. The van der Waals surface area contributed by atoms with Crippen molar-refractivity contribution in [1.82, 2.24) is 14.6 Å². The van der Waals surface area contributed by atoms with Gasteiger partial charge in [-0.1, -0.05) is 6.07 Å². The van der Waals surface area contributed by atoms with E-state index < -0.39 is 22.5 Å². The minimum absolute atomic E-state index is 0.251. The Kier molecular flexibility index (Phi) is 7.77. The molecular weight excluding hydrogens is 410 g/mol. The first kappa shape index (κ1) is 25.9. The van der Waals surface area contributed by atoms with Gasteiger partial charge in [-0.2, -0.15) is 0 Å². The first-order valence-electron chi connectivity index (χ1n) is 11.2. The molecule has 0 spiro atoms. The molecule has 1 amide bonds. The molecule has 0 bridgehead atoms. The predicted octanol–water partition coefficient (Wildman–Crippen LogP) is 5.16. The van der Waals surface area contributed by atoms with E-state index in [-0.39, 0.29) is 16.4 Å². The third kappa shape index (κ3) is 7.09. The number of rotatable bonds is 6. The highest BCUT2D eigenvalue weighted by Crippen LogP contribution is 2.38. The van der Waals surface area contributed by atoms with Crippen LogP contribution in [-0.4, -0.2) is 43.0 Å². The van der Waals surface area contributed by atoms with Gasteiger partial charge in [0.2, 0.25) is 0 Å². The van der Waals surface area contributed by atoms with Gasteiger partial charge in [-0.15, -0.1) is 4.72 Å². The molecule has 0 aromatic carbocycles. The van der Waals surface area contributed by atoms with E-state index in [0.29, 0.717) is 12.5 Å². The van der Waals surface area contributed by atoms with Crippen molar-refractivity contribution >= 4 is 17.5 Å². The zero-order chi connectivity index (χ0) is 23.7. The Morgan fingerprint density at radius 1 is 1.26 bits per heavy atom. The third-order valence-electron chi connectivity index (χ3n) is 5.73. The van der Waals surface area contributed by atoms with E-state index in [1.165, 1.54) is 0 Å². The second-order valence-electron chi connectivity index (χ2n) is 11.5. The van der Waals surface area contributed by atoms with Crippen LogP contribution in [0.5, 0.6) is 0 Å². The van der Waals surface area contributed by atoms with Gasteiger partial charge in [-0.25, -0.2) is 4.79 Å². The number of nitrogens with one attached hydrogen (secondary N) is 1. The van der Waals surface area contributed by atoms with E-state index in [9.17, 15) is 9.35 Å². The first-order chi connectivity index (χ1) is 14.0. The van der Waals surface area contributed by atoms with E-state index >= 15 is 0 Å². The van der Waals surface area contributed by atoms with Crippen LogP contribution in [0.25, 0.3) is 0 Å². The van der Waals surface area contributed by atoms with E-state index in [2.05, 4.69) is 30.5 Å². The van der Waals surface area contributed by atoms with Crippen LogP contribution in [0.15, 0.2) is 24.4 Å². The van der Waals surface area contributed by atoms with Gasteiger partial charge in [0.05, 0.1) is 5.69 Å². The average Bonchev–Trinajstić information content (AvgIpc) is 2.93. The molecule has 2 heterocycles. The molecule has 1 aromatic rings. The number of carbonyl (C=O) groups excluding carboxylic acids is 1. The molecule has 7 heteroatoms. The van der Waals surface area contributed by atoms with Crippen LogP contribution >= 0.6 is 0 Å². The van der Waals surface area contributed by atoms with Crippen molar-refractivity contribution in [2.75, 3.05) is 6.54 Å². The topological polar surface area (TPSA) is 77.5 Å². The number of nitrogens with zero attached hydrogens (tertiary/aromatic N) is 2. The van der Waals surface area contributed by atoms with Crippen molar-refractivity contribution in [2.45, 2.75) is 103 Å². The molecule has 1 aliphatic rings. The van der Waals surface area contributed by atoms with Crippen molar-refractivity contribution in [3.8, 4) is 0 Å². The van der Waals surface area contributed by atoms with Gasteiger partial charge in [-0.05, 0) is 99.6 Å². The number of aromatic nitrogens is 1. The van der Waals surface area contributed by atoms with Gasteiger partial charge in [0, 0.05) is 29.6 Å². The maximum absolute atomic E-state index is 12.9. The summed E-state index contributed by atoms with van der Waals surface area (Å²) >= 11 is -1.23. The smallest absolute Gasteiger partial charge is 0.410 e. The van der Waals surface area contributed by atoms with Gasteiger partial charge in [0.1, 0.15) is 15.9 Å². The lowest BCUT2D eigenvalue weighted by molar-refractivity contribution is 0.0130. The van der Waals surface area contributed by atoms with Crippen molar-refractivity contribution in [3.05, 3.63) is 30.1 Å². The van der Waals surface area contributed by atoms with E-state index in [4.69, 9.17) is 4.74 Å². The minimum Gasteiger partial charge on any atom is -0.598 e. The molecule has 0 aliphatic carbocycles. The van der Waals surface area contributed by atoms with Crippen molar-refractivity contribution in [3.63, 3.8) is 0 Å². The SMILES string of the molecule is CC(C)(C)OC(=O)N1C[C@@H](CCC(C)(N[S+]([O-])C(C)(C)C)c2ccccn2)CC1(C)C. The summed E-state index contributed by atoms with van der Waals surface area (Å²) in [5, 5.41) is 0. The van der Waals surface area contributed by atoms with Crippen LogP contribution in [-0.2, 0) is 21.6 Å². The molecule has 1 saturated heterocycles. The van der Waals surface area contributed by atoms with Crippen LogP contribution in [0.4, 0.5) is 4.79 Å². The lowest BCUT2D eigenvalue weighted by Crippen LogP contribution is -2.50. The highest BCUT2D eigenvalue weighted by molar-refractivity contribution is 7.90. The fourth-order valence-corrected chi connectivity index (χ4v) is 4.91. The summed E-state index contributed by atoms with van der Waals surface area (Å²) in [6, 6.07) is 5.84. The van der Waals surface area contributed by atoms with E-state index in [1.54, 1.807) is 6.20 Å². The third-order valence-corrected chi connectivity index (χ3v) is 7.48. The number of amides is 1. The van der Waals surface area contributed by atoms with Crippen LogP contribution in [0.3, 0.4) is 0 Å². The Morgan fingerprint density at radius 3 is 2.42 bits per heavy atom. The van der Waals surface area contributed by atoms with Crippen molar-refractivity contribution < 1.29 is 14.1 Å². The number of ether oxygens (including phenoxy) is 1. The summed E-state index contributed by atoms with van der Waals surface area (Å²) in [5.41, 5.74) is -0.406. The Morgan fingerprint density at radius 2 is 1.90 bits per heavy atom. The lowest BCUT2D eigenvalue weighted by atomic mass is 9.86.